The van der Waals surface area contributed by atoms with Crippen molar-refractivity contribution in [3.8, 4) is 0 Å². The molecule has 1 saturated carbocycles. The first-order valence-electron chi connectivity index (χ1n) is 49.5. The number of carbonyl (C=O) groups is 1. The van der Waals surface area contributed by atoms with E-state index in [0.29, 0.717) is 0 Å². The van der Waals surface area contributed by atoms with Crippen molar-refractivity contribution in [2.75, 3.05) is 26.4 Å². The number of rotatable bonds is 2. The van der Waals surface area contributed by atoms with Crippen LogP contribution in [0.4, 0.5) is 4.79 Å². The van der Waals surface area contributed by atoms with Gasteiger partial charge in [0.15, 0.2) is 0 Å². The van der Waals surface area contributed by atoms with E-state index in [2.05, 4.69) is 52.0 Å². The molecule has 1 aromatic carbocycles. The summed E-state index contributed by atoms with van der Waals surface area (Å²) in [7, 11) is 0. The van der Waals surface area contributed by atoms with Gasteiger partial charge in [0.25, 0.3) is 0 Å². The van der Waals surface area contributed by atoms with E-state index in [4.69, 9.17) is 14.2 Å². The van der Waals surface area contributed by atoms with Crippen LogP contribution in [0.1, 0.15) is 564 Å². The molecule has 0 radical (unpaired) electrons. The van der Waals surface area contributed by atoms with Gasteiger partial charge in [-0.3, -0.25) is 0 Å². The first-order valence-corrected chi connectivity index (χ1v) is 49.5. The van der Waals surface area contributed by atoms with Crippen molar-refractivity contribution in [1.82, 2.24) is 4.90 Å². The fraction of sp³-hybridized carbons (Fsp3) is 0.931. The Kier molecular flexibility index (Phi) is 64.0. The summed E-state index contributed by atoms with van der Waals surface area (Å²) in [6, 6.07) is 8.80. The summed E-state index contributed by atoms with van der Waals surface area (Å²) in [6.45, 7) is 12.3. The van der Waals surface area contributed by atoms with Crippen molar-refractivity contribution in [2.45, 2.75) is 571 Å². The lowest BCUT2D eigenvalue weighted by Gasteiger charge is -2.46. The standard InChI is InChI=1S/C101H189NO4/c1-95-81-83-97(84-82-95)96(2)102-91-90-101(106-98(102)103)87-79-75-71-67-63-59-55-51-47-43-39-35-34-38-42-46-50-54-58-62-66-70-74-78-86-100(88-89-101)85-77-73-69-65-61-57-53-49-45-41-37-33-31-29-27-25-23-21-19-17-15-13-11-9-7-5-6-8-10-12-14-16-18-20-22-24-26-28-30-32-36-40-44-48-52-56-60-64-68-72-76-80-92-104-93-99(3,4)94-105-100/h81-84,96H,5-80,85-94H2,1-4H3. The fourth-order valence-corrected chi connectivity index (χ4v) is 18.6. The van der Waals surface area contributed by atoms with Gasteiger partial charge >= 0.3 is 6.09 Å². The Morgan fingerprint density at radius 2 is 0.491 bits per heavy atom. The van der Waals surface area contributed by atoms with Crippen molar-refractivity contribution in [1.29, 1.82) is 0 Å². The third kappa shape index (κ3) is 55.8. The molecule has 1 aromatic rings. The van der Waals surface area contributed by atoms with Gasteiger partial charge in [0.1, 0.15) is 5.60 Å². The lowest BCUT2D eigenvalue weighted by molar-refractivity contribution is -0.126. The first kappa shape index (κ1) is 96.8. The molecular formula is C101H189NO4. The van der Waals surface area contributed by atoms with Crippen LogP contribution in [-0.2, 0) is 14.2 Å². The highest BCUT2D eigenvalue weighted by atomic mass is 16.6. The van der Waals surface area contributed by atoms with E-state index in [0.717, 1.165) is 71.3 Å². The van der Waals surface area contributed by atoms with Crippen LogP contribution in [0.2, 0.25) is 0 Å². The van der Waals surface area contributed by atoms with Crippen LogP contribution in [0.3, 0.4) is 0 Å². The van der Waals surface area contributed by atoms with Crippen LogP contribution in [0.25, 0.3) is 0 Å². The van der Waals surface area contributed by atoms with Crippen LogP contribution in [-0.4, -0.2) is 48.6 Å². The minimum Gasteiger partial charge on any atom is -0.443 e. The molecule has 0 N–H and O–H groups in total. The fourth-order valence-electron chi connectivity index (χ4n) is 18.6. The second kappa shape index (κ2) is 70.1. The van der Waals surface area contributed by atoms with E-state index < -0.39 is 5.60 Å². The zero-order valence-electron chi connectivity index (χ0n) is 72.8. The normalized spacial score (nSPS) is 26.6. The molecule has 0 bridgehead atoms. The molecule has 3 aliphatic rings. The number of nitrogens with zero attached hydrogens (tertiary/aromatic N) is 1. The van der Waals surface area contributed by atoms with E-state index in [1.807, 2.05) is 4.90 Å². The van der Waals surface area contributed by atoms with Crippen LogP contribution in [0.5, 0.6) is 0 Å². The van der Waals surface area contributed by atoms with E-state index in [1.165, 1.54) is 493 Å². The van der Waals surface area contributed by atoms with E-state index in [9.17, 15) is 4.79 Å². The Labute approximate surface area is 664 Å². The molecule has 2 heterocycles. The highest BCUT2D eigenvalue weighted by Crippen LogP contribution is 2.43. The minimum absolute atomic E-state index is 0.0129. The molecule has 3 fully saturated rings. The highest BCUT2D eigenvalue weighted by molar-refractivity contribution is 5.70. The zero-order chi connectivity index (χ0) is 75.1. The van der Waals surface area contributed by atoms with Crippen LogP contribution >= 0.6 is 0 Å². The lowest BCUT2D eigenvalue weighted by Crippen LogP contribution is -2.51. The Morgan fingerprint density at radius 3 is 0.736 bits per heavy atom. The monoisotopic (exact) mass is 1480 g/mol. The van der Waals surface area contributed by atoms with Gasteiger partial charge in [0, 0.05) is 25.0 Å². The third-order valence-corrected chi connectivity index (χ3v) is 26.4. The van der Waals surface area contributed by atoms with Gasteiger partial charge in [-0.2, -0.15) is 0 Å². The predicted octanol–water partition coefficient (Wildman–Crippen LogP) is 35.1. The first-order chi connectivity index (χ1) is 52.2. The summed E-state index contributed by atoms with van der Waals surface area (Å²) in [5, 5.41) is 0. The van der Waals surface area contributed by atoms with Gasteiger partial charge < -0.3 is 19.1 Å². The second-order valence-corrected chi connectivity index (χ2v) is 37.4. The SMILES string of the molecule is Cc1ccc(C(C)N2CCC3(CCCCCCCCCCCCCCCCCCCCCCCCCCC4(CCCCCCCCCCCCCCCCCCCCCCCCCCCCCCCCCCCCCCCCCCCCCCCCCCCCCCOCC(C)(C)CO4)CC3)OC2=O)cc1. The number of amides is 1. The maximum absolute atomic E-state index is 14.7. The maximum Gasteiger partial charge on any atom is 0.410 e. The average molecular weight is 1480 g/mol. The number of hydrogen-bond acceptors (Lipinski definition) is 4. The number of ether oxygens (including phenoxy) is 3. The minimum atomic E-state index is -0.452. The molecule has 4 rings (SSSR count). The molecule has 2 saturated heterocycles. The van der Waals surface area contributed by atoms with Gasteiger partial charge in [-0.15, -0.1) is 0 Å². The molecule has 3 atom stereocenters. The number of aryl methyl sites for hydroxylation is 1. The highest BCUT2D eigenvalue weighted by Gasteiger charge is 2.44. The second-order valence-electron chi connectivity index (χ2n) is 37.4. The van der Waals surface area contributed by atoms with E-state index >= 15 is 0 Å². The summed E-state index contributed by atoms with van der Waals surface area (Å²) in [6.07, 6.45) is 114. The zero-order valence-corrected chi connectivity index (χ0v) is 72.8. The molecule has 5 nitrogen and oxygen atoms in total. The van der Waals surface area contributed by atoms with Gasteiger partial charge in [-0.25, -0.2) is 4.79 Å². The van der Waals surface area contributed by atoms with Crippen molar-refractivity contribution in [2.24, 2.45) is 5.41 Å². The Hall–Kier alpha value is -1.59. The summed E-state index contributed by atoms with van der Waals surface area (Å²) < 4.78 is 21.4. The molecule has 0 aromatic heterocycles. The molecule has 5 heteroatoms. The Bertz CT molecular complexity index is 2000. The molecule has 1 aliphatic carbocycles. The largest absolute Gasteiger partial charge is 0.443 e. The van der Waals surface area contributed by atoms with Crippen molar-refractivity contribution < 1.29 is 19.0 Å². The number of benzene rings is 1. The third-order valence-electron chi connectivity index (χ3n) is 26.4. The number of hydrogen-bond donors (Lipinski definition) is 0. The van der Waals surface area contributed by atoms with Crippen molar-refractivity contribution >= 4 is 6.09 Å². The Morgan fingerprint density at radius 1 is 0.274 bits per heavy atom. The lowest BCUT2D eigenvalue weighted by atomic mass is 9.78. The average Bonchev–Trinajstić information content (AvgIpc) is 0.791. The summed E-state index contributed by atoms with van der Waals surface area (Å²) >= 11 is 0. The summed E-state index contributed by atoms with van der Waals surface area (Å²) in [5.74, 6) is 0. The molecular weight excluding hydrogens is 1290 g/mol. The Balaban J connectivity index is 1.34. The van der Waals surface area contributed by atoms with Crippen LogP contribution in [0.15, 0.2) is 24.3 Å². The van der Waals surface area contributed by atoms with Crippen LogP contribution in [0, 0.1) is 12.3 Å². The van der Waals surface area contributed by atoms with E-state index in [-0.39, 0.29) is 23.2 Å². The molecule has 622 valence electrons. The summed E-state index contributed by atoms with van der Waals surface area (Å²) in [5.41, 5.74) is 1.69. The molecule has 106 heavy (non-hydrogen) atoms. The molecule has 2 spiro atoms. The van der Waals surface area contributed by atoms with Crippen LogP contribution < -0.4 is 0 Å². The molecule has 2 aliphatic heterocycles. The summed E-state index contributed by atoms with van der Waals surface area (Å²) in [4.78, 5) is 16.7. The maximum atomic E-state index is 14.7. The molecule has 3 unspecified atom stereocenters. The quantitative estimate of drug-likeness (QED) is 0.296. The van der Waals surface area contributed by atoms with Crippen molar-refractivity contribution in [3.05, 3.63) is 35.4 Å². The van der Waals surface area contributed by atoms with Gasteiger partial charge in [-0.05, 0) is 64.4 Å². The number of carbonyl (C=O) groups excluding carboxylic acids is 1. The van der Waals surface area contributed by atoms with Gasteiger partial charge in [0.2, 0.25) is 0 Å². The van der Waals surface area contributed by atoms with Gasteiger partial charge in [-0.1, -0.05) is 519 Å². The smallest absolute Gasteiger partial charge is 0.410 e. The van der Waals surface area contributed by atoms with Gasteiger partial charge in [0.05, 0.1) is 24.9 Å². The predicted molar refractivity (Wildman–Crippen MR) is 467 cm³/mol. The van der Waals surface area contributed by atoms with Crippen molar-refractivity contribution in [3.63, 3.8) is 0 Å². The van der Waals surface area contributed by atoms with E-state index in [1.54, 1.807) is 0 Å². The molecule has 1 amide bonds. The topological polar surface area (TPSA) is 48.0 Å².